The molecule has 6 heteroatoms. The number of aryl methyl sites for hydroxylation is 2. The molecule has 6 nitrogen and oxygen atoms in total. The van der Waals surface area contributed by atoms with Crippen LogP contribution in [0.5, 0.6) is 0 Å². The van der Waals surface area contributed by atoms with Crippen molar-refractivity contribution in [3.8, 4) is 0 Å². The number of likely N-dealkylation sites (tertiary alicyclic amines) is 1. The highest BCUT2D eigenvalue weighted by molar-refractivity contribution is 4.99. The van der Waals surface area contributed by atoms with E-state index in [0.29, 0.717) is 12.4 Å². The second kappa shape index (κ2) is 4.53. The molecule has 1 saturated heterocycles. The summed E-state index contributed by atoms with van der Waals surface area (Å²) in [5.41, 5.74) is 0. The van der Waals surface area contributed by atoms with Crippen LogP contribution in [-0.2, 0) is 6.54 Å². The second-order valence-electron chi connectivity index (χ2n) is 4.66. The summed E-state index contributed by atoms with van der Waals surface area (Å²) in [5, 5.41) is 4.02. The van der Waals surface area contributed by atoms with Gasteiger partial charge in [-0.3, -0.25) is 4.90 Å². The Morgan fingerprint density at radius 2 is 2.33 bits per heavy atom. The lowest BCUT2D eigenvalue weighted by Crippen LogP contribution is -2.23. The van der Waals surface area contributed by atoms with E-state index in [1.165, 1.54) is 0 Å². The highest BCUT2D eigenvalue weighted by Gasteiger charge is 2.30. The molecule has 0 amide bonds. The molecule has 0 saturated carbocycles. The van der Waals surface area contributed by atoms with Crippen LogP contribution in [0.25, 0.3) is 0 Å². The van der Waals surface area contributed by atoms with Gasteiger partial charge in [-0.1, -0.05) is 5.16 Å². The third-order valence-electron chi connectivity index (χ3n) is 3.21. The first-order chi connectivity index (χ1) is 8.72. The van der Waals surface area contributed by atoms with Crippen molar-refractivity contribution in [2.75, 3.05) is 6.54 Å². The maximum Gasteiger partial charge on any atom is 0.223 e. The van der Waals surface area contributed by atoms with Crippen LogP contribution in [0.3, 0.4) is 0 Å². The summed E-state index contributed by atoms with van der Waals surface area (Å²) in [4.78, 5) is 10.8. The van der Waals surface area contributed by atoms with E-state index >= 15 is 0 Å². The second-order valence-corrected chi connectivity index (χ2v) is 4.66. The molecule has 0 aliphatic carbocycles. The van der Waals surface area contributed by atoms with Crippen molar-refractivity contribution in [1.82, 2.24) is 20.0 Å². The fourth-order valence-corrected chi connectivity index (χ4v) is 2.41. The van der Waals surface area contributed by atoms with Crippen LogP contribution in [0.2, 0.25) is 0 Å². The molecule has 18 heavy (non-hydrogen) atoms. The Hall–Kier alpha value is -1.69. The summed E-state index contributed by atoms with van der Waals surface area (Å²) in [7, 11) is 0. The van der Waals surface area contributed by atoms with Crippen molar-refractivity contribution in [2.24, 2.45) is 0 Å². The lowest BCUT2D eigenvalue weighted by molar-refractivity contribution is 0.211. The fourth-order valence-electron chi connectivity index (χ4n) is 2.41. The van der Waals surface area contributed by atoms with E-state index in [2.05, 4.69) is 20.0 Å². The van der Waals surface area contributed by atoms with Crippen molar-refractivity contribution >= 4 is 0 Å². The van der Waals surface area contributed by atoms with E-state index in [1.807, 2.05) is 13.8 Å². The average Bonchev–Trinajstić information content (AvgIpc) is 3.01. The van der Waals surface area contributed by atoms with Gasteiger partial charge in [0.05, 0.1) is 18.8 Å². The fraction of sp³-hybridized carbons (Fsp3) is 0.583. The van der Waals surface area contributed by atoms with Crippen LogP contribution in [0.1, 0.15) is 42.2 Å². The Labute approximate surface area is 105 Å². The molecular formula is C12H16N4O2. The zero-order chi connectivity index (χ0) is 12.5. The molecule has 96 valence electrons. The molecule has 3 heterocycles. The molecule has 1 fully saturated rings. The Balaban J connectivity index is 1.75. The van der Waals surface area contributed by atoms with Gasteiger partial charge in [0.1, 0.15) is 5.76 Å². The molecule has 3 rings (SSSR count). The normalized spacial score (nSPS) is 20.7. The Bertz CT molecular complexity index is 534. The molecule has 1 atom stereocenters. The van der Waals surface area contributed by atoms with Crippen LogP contribution in [-0.4, -0.2) is 26.6 Å². The molecule has 0 unspecified atom stereocenters. The minimum absolute atomic E-state index is 0.217. The van der Waals surface area contributed by atoms with Crippen LogP contribution >= 0.6 is 0 Å². The number of oxazole rings is 1. The molecule has 0 N–H and O–H groups in total. The van der Waals surface area contributed by atoms with Crippen molar-refractivity contribution in [3.63, 3.8) is 0 Å². The quantitative estimate of drug-likeness (QED) is 0.827. The van der Waals surface area contributed by atoms with E-state index < -0.39 is 0 Å². The van der Waals surface area contributed by atoms with Gasteiger partial charge in [-0.25, -0.2) is 4.98 Å². The Kier molecular flexibility index (Phi) is 2.87. The van der Waals surface area contributed by atoms with E-state index in [-0.39, 0.29) is 6.04 Å². The third-order valence-corrected chi connectivity index (χ3v) is 3.21. The maximum absolute atomic E-state index is 5.52. The molecule has 1 aliphatic heterocycles. The predicted octanol–water partition coefficient (Wildman–Crippen LogP) is 2.01. The Morgan fingerprint density at radius 3 is 3.00 bits per heavy atom. The van der Waals surface area contributed by atoms with Gasteiger partial charge in [0.2, 0.25) is 11.8 Å². The van der Waals surface area contributed by atoms with Gasteiger partial charge < -0.3 is 8.94 Å². The number of rotatable bonds is 3. The minimum Gasteiger partial charge on any atom is -0.445 e. The number of aromatic nitrogens is 3. The van der Waals surface area contributed by atoms with Crippen LogP contribution in [0.15, 0.2) is 15.1 Å². The third kappa shape index (κ3) is 2.15. The minimum atomic E-state index is 0.217. The van der Waals surface area contributed by atoms with Crippen LogP contribution < -0.4 is 0 Å². The van der Waals surface area contributed by atoms with Gasteiger partial charge in [-0.2, -0.15) is 4.98 Å². The van der Waals surface area contributed by atoms with Gasteiger partial charge in [0.15, 0.2) is 5.82 Å². The van der Waals surface area contributed by atoms with Gasteiger partial charge in [-0.05, 0) is 26.3 Å². The van der Waals surface area contributed by atoms with Crippen LogP contribution in [0.4, 0.5) is 0 Å². The summed E-state index contributed by atoms with van der Waals surface area (Å²) in [6.07, 6.45) is 3.94. The van der Waals surface area contributed by atoms with Crippen molar-refractivity contribution in [1.29, 1.82) is 0 Å². The average molecular weight is 248 g/mol. The molecule has 0 bridgehead atoms. The smallest absolute Gasteiger partial charge is 0.223 e. The van der Waals surface area contributed by atoms with Gasteiger partial charge in [-0.15, -0.1) is 0 Å². The summed E-state index contributed by atoms with van der Waals surface area (Å²) in [5.74, 6) is 2.98. The predicted molar refractivity (Wildman–Crippen MR) is 62.7 cm³/mol. The van der Waals surface area contributed by atoms with E-state index in [9.17, 15) is 0 Å². The van der Waals surface area contributed by atoms with E-state index in [1.54, 1.807) is 6.20 Å². The van der Waals surface area contributed by atoms with Gasteiger partial charge in [0.25, 0.3) is 0 Å². The lowest BCUT2D eigenvalue weighted by Gasteiger charge is -2.19. The molecule has 2 aromatic rings. The van der Waals surface area contributed by atoms with Crippen molar-refractivity contribution < 1.29 is 8.94 Å². The monoisotopic (exact) mass is 248 g/mol. The molecule has 0 aromatic carbocycles. The lowest BCUT2D eigenvalue weighted by atomic mass is 10.2. The first-order valence-electron chi connectivity index (χ1n) is 6.18. The largest absolute Gasteiger partial charge is 0.445 e. The van der Waals surface area contributed by atoms with Gasteiger partial charge >= 0.3 is 0 Å². The summed E-state index contributed by atoms with van der Waals surface area (Å²) in [6, 6.07) is 0.217. The molecule has 0 spiro atoms. The summed E-state index contributed by atoms with van der Waals surface area (Å²) >= 11 is 0. The van der Waals surface area contributed by atoms with Crippen LogP contribution in [0, 0.1) is 13.8 Å². The molecule has 2 aromatic heterocycles. The molecule has 1 aliphatic rings. The first kappa shape index (κ1) is 11.4. The molecular weight excluding hydrogens is 232 g/mol. The first-order valence-corrected chi connectivity index (χ1v) is 6.18. The zero-order valence-corrected chi connectivity index (χ0v) is 10.6. The zero-order valence-electron chi connectivity index (χ0n) is 10.6. The number of hydrogen-bond donors (Lipinski definition) is 0. The maximum atomic E-state index is 5.52. The van der Waals surface area contributed by atoms with E-state index in [4.69, 9.17) is 8.94 Å². The number of hydrogen-bond acceptors (Lipinski definition) is 6. The van der Waals surface area contributed by atoms with Crippen molar-refractivity contribution in [2.45, 2.75) is 39.3 Å². The van der Waals surface area contributed by atoms with Crippen molar-refractivity contribution in [3.05, 3.63) is 29.6 Å². The molecule has 0 radical (unpaired) electrons. The SMILES string of the molecule is Cc1cnc(CN2CCC[C@H]2c2noc(C)n2)o1. The summed E-state index contributed by atoms with van der Waals surface area (Å²) in [6.45, 7) is 5.43. The highest BCUT2D eigenvalue weighted by atomic mass is 16.5. The standard InChI is InChI=1S/C12H16N4O2/c1-8-6-13-11(17-8)7-16-5-3-4-10(16)12-14-9(2)18-15-12/h6,10H,3-5,7H2,1-2H3/t10-/m0/s1. The Morgan fingerprint density at radius 1 is 1.44 bits per heavy atom. The highest BCUT2D eigenvalue weighted by Crippen LogP contribution is 2.31. The number of nitrogens with zero attached hydrogens (tertiary/aromatic N) is 4. The van der Waals surface area contributed by atoms with Gasteiger partial charge in [0, 0.05) is 6.92 Å². The topological polar surface area (TPSA) is 68.2 Å². The van der Waals surface area contributed by atoms with E-state index in [0.717, 1.165) is 36.9 Å². The summed E-state index contributed by atoms with van der Waals surface area (Å²) < 4.78 is 10.6.